The number of ether oxygens (including phenoxy) is 3. The molecular weight excluding hydrogens is 412 g/mol. The topological polar surface area (TPSA) is 68.8 Å². The summed E-state index contributed by atoms with van der Waals surface area (Å²) in [4.78, 5) is 12.0. The summed E-state index contributed by atoms with van der Waals surface area (Å²) in [6.07, 6.45) is 3.10. The van der Waals surface area contributed by atoms with Crippen molar-refractivity contribution in [2.75, 3.05) is 20.8 Å². The third-order valence-electron chi connectivity index (χ3n) is 3.85. The first-order valence-corrected chi connectivity index (χ1v) is 9.65. The van der Waals surface area contributed by atoms with Gasteiger partial charge in [0.2, 0.25) is 5.91 Å². The number of hydrogen-bond donors (Lipinski definition) is 2. The molecule has 0 heterocycles. The molecule has 0 unspecified atom stereocenters. The summed E-state index contributed by atoms with van der Waals surface area (Å²) < 4.78 is 15.9. The van der Waals surface area contributed by atoms with Gasteiger partial charge < -0.3 is 19.5 Å². The van der Waals surface area contributed by atoms with E-state index in [9.17, 15) is 4.79 Å². The second-order valence-electron chi connectivity index (χ2n) is 5.81. The minimum atomic E-state index is -0.338. The maximum Gasteiger partial charge on any atom is 0.250 e. The second kappa shape index (κ2) is 11.3. The fourth-order valence-corrected chi connectivity index (χ4v) is 2.81. The highest BCUT2D eigenvalue weighted by Crippen LogP contribution is 2.32. The number of methoxy groups -OCH3 is 2. The van der Waals surface area contributed by atoms with E-state index >= 15 is 0 Å². The molecule has 0 aliphatic heterocycles. The molecule has 0 aliphatic carbocycles. The van der Waals surface area contributed by atoms with E-state index in [1.807, 2.05) is 31.2 Å². The molecular formula is C21H23ClN2O4S. The third-order valence-corrected chi connectivity index (χ3v) is 4.45. The van der Waals surface area contributed by atoms with Crippen molar-refractivity contribution in [3.05, 3.63) is 58.6 Å². The van der Waals surface area contributed by atoms with Crippen LogP contribution in [0.1, 0.15) is 18.1 Å². The molecule has 2 rings (SSSR count). The zero-order valence-corrected chi connectivity index (χ0v) is 18.0. The lowest BCUT2D eigenvalue weighted by Crippen LogP contribution is -2.38. The van der Waals surface area contributed by atoms with Gasteiger partial charge in [-0.15, -0.1) is 0 Å². The van der Waals surface area contributed by atoms with E-state index in [1.165, 1.54) is 13.2 Å². The lowest BCUT2D eigenvalue weighted by atomic mass is 10.2. The van der Waals surface area contributed by atoms with E-state index in [4.69, 9.17) is 38.0 Å². The number of thiocarbonyl (C=S) groups is 1. The first-order chi connectivity index (χ1) is 14.0. The summed E-state index contributed by atoms with van der Waals surface area (Å²) in [5.74, 6) is 1.54. The zero-order chi connectivity index (χ0) is 21.2. The molecule has 1 amide bonds. The van der Waals surface area contributed by atoms with Crippen LogP contribution in [0.3, 0.4) is 0 Å². The fraction of sp³-hybridized carbons (Fsp3) is 0.238. The minimum Gasteiger partial charge on any atom is -0.494 e. The molecule has 2 aromatic carbocycles. The van der Waals surface area contributed by atoms with Crippen molar-refractivity contribution in [3.63, 3.8) is 0 Å². The maximum absolute atomic E-state index is 12.0. The van der Waals surface area contributed by atoms with E-state index in [1.54, 1.807) is 25.3 Å². The number of carbonyl (C=O) groups excluding carboxylic acids is 1. The second-order valence-corrected chi connectivity index (χ2v) is 6.62. The van der Waals surface area contributed by atoms with E-state index in [-0.39, 0.29) is 11.0 Å². The summed E-state index contributed by atoms with van der Waals surface area (Å²) in [6, 6.07) is 10.8. The van der Waals surface area contributed by atoms with Crippen LogP contribution in [0.25, 0.3) is 6.08 Å². The van der Waals surface area contributed by atoms with Crippen LogP contribution in [0.15, 0.2) is 42.5 Å². The van der Waals surface area contributed by atoms with Gasteiger partial charge in [-0.1, -0.05) is 23.7 Å². The molecule has 0 spiro atoms. The maximum atomic E-state index is 12.0. The van der Waals surface area contributed by atoms with Gasteiger partial charge in [0.15, 0.2) is 16.6 Å². The van der Waals surface area contributed by atoms with Crippen molar-refractivity contribution in [1.82, 2.24) is 10.6 Å². The van der Waals surface area contributed by atoms with Crippen LogP contribution < -0.4 is 24.8 Å². The van der Waals surface area contributed by atoms with E-state index < -0.39 is 0 Å². The quantitative estimate of drug-likeness (QED) is 0.484. The average Bonchev–Trinajstić information content (AvgIpc) is 2.72. The SMILES string of the molecule is CCOc1ccc(/C=C/C(=O)NC(=S)NCc2cc(OC)c(OC)cc2Cl)cc1. The Morgan fingerprint density at radius 2 is 1.79 bits per heavy atom. The Kier molecular flexibility index (Phi) is 8.76. The highest BCUT2D eigenvalue weighted by atomic mass is 35.5. The molecule has 154 valence electrons. The van der Waals surface area contributed by atoms with Crippen molar-refractivity contribution >= 4 is 40.9 Å². The Labute approximate surface area is 180 Å². The Morgan fingerprint density at radius 3 is 2.41 bits per heavy atom. The summed E-state index contributed by atoms with van der Waals surface area (Å²) >= 11 is 11.4. The minimum absolute atomic E-state index is 0.192. The van der Waals surface area contributed by atoms with Gasteiger partial charge in [-0.2, -0.15) is 0 Å². The summed E-state index contributed by atoms with van der Waals surface area (Å²) in [7, 11) is 3.09. The standard InChI is InChI=1S/C21H23ClN2O4S/c1-4-28-16-8-5-14(6-9-16)7-10-20(25)24-21(29)23-13-15-11-18(26-2)19(27-3)12-17(15)22/h5-12H,4,13H2,1-3H3,(H2,23,24,25,29)/b10-7+. The van der Waals surface area contributed by atoms with Gasteiger partial charge in [-0.25, -0.2) is 0 Å². The van der Waals surface area contributed by atoms with Gasteiger partial charge >= 0.3 is 0 Å². The number of nitrogens with one attached hydrogen (secondary N) is 2. The lowest BCUT2D eigenvalue weighted by Gasteiger charge is -2.13. The molecule has 2 N–H and O–H groups in total. The lowest BCUT2D eigenvalue weighted by molar-refractivity contribution is -0.115. The molecule has 0 atom stereocenters. The summed E-state index contributed by atoms with van der Waals surface area (Å²) in [5, 5.41) is 6.23. The average molecular weight is 435 g/mol. The van der Waals surface area contributed by atoms with Crippen LogP contribution >= 0.6 is 23.8 Å². The van der Waals surface area contributed by atoms with Crippen molar-refractivity contribution in [1.29, 1.82) is 0 Å². The molecule has 8 heteroatoms. The molecule has 0 saturated carbocycles. The molecule has 6 nitrogen and oxygen atoms in total. The van der Waals surface area contributed by atoms with Gasteiger partial charge in [-0.05, 0) is 54.5 Å². The van der Waals surface area contributed by atoms with Crippen LogP contribution in [-0.4, -0.2) is 31.8 Å². The summed E-state index contributed by atoms with van der Waals surface area (Å²) in [6.45, 7) is 2.85. The first kappa shape index (κ1) is 22.5. The number of rotatable bonds is 8. The molecule has 0 fully saturated rings. The van der Waals surface area contributed by atoms with E-state index in [0.717, 1.165) is 16.9 Å². The third kappa shape index (κ3) is 6.96. The van der Waals surface area contributed by atoms with Gasteiger partial charge in [0.1, 0.15) is 5.75 Å². The monoisotopic (exact) mass is 434 g/mol. The number of halogens is 1. The highest BCUT2D eigenvalue weighted by molar-refractivity contribution is 7.80. The number of amides is 1. The summed E-state index contributed by atoms with van der Waals surface area (Å²) in [5.41, 5.74) is 1.63. The molecule has 2 aromatic rings. The van der Waals surface area contributed by atoms with E-state index in [0.29, 0.717) is 29.7 Å². The molecule has 0 bridgehead atoms. The normalized spacial score (nSPS) is 10.5. The van der Waals surface area contributed by atoms with Crippen molar-refractivity contribution in [2.45, 2.75) is 13.5 Å². The van der Waals surface area contributed by atoms with Crippen LogP contribution in [0.2, 0.25) is 5.02 Å². The van der Waals surface area contributed by atoms with Gasteiger partial charge in [-0.3, -0.25) is 10.1 Å². The van der Waals surface area contributed by atoms with Crippen molar-refractivity contribution < 1.29 is 19.0 Å². The highest BCUT2D eigenvalue weighted by Gasteiger charge is 2.10. The Bertz CT molecular complexity index is 885. The Balaban J connectivity index is 1.88. The van der Waals surface area contributed by atoms with Crippen LogP contribution in [0.4, 0.5) is 0 Å². The van der Waals surface area contributed by atoms with Crippen LogP contribution in [0, 0.1) is 0 Å². The van der Waals surface area contributed by atoms with Gasteiger partial charge in [0, 0.05) is 23.7 Å². The molecule has 0 radical (unpaired) electrons. The predicted octanol–water partition coefficient (Wildman–Crippen LogP) is 3.96. The molecule has 0 aliphatic rings. The van der Waals surface area contributed by atoms with Crippen LogP contribution in [0.5, 0.6) is 17.2 Å². The molecule has 29 heavy (non-hydrogen) atoms. The fourth-order valence-electron chi connectivity index (χ4n) is 2.42. The van der Waals surface area contributed by atoms with Crippen molar-refractivity contribution in [3.8, 4) is 17.2 Å². The van der Waals surface area contributed by atoms with Crippen molar-refractivity contribution in [2.24, 2.45) is 0 Å². The largest absolute Gasteiger partial charge is 0.494 e. The van der Waals surface area contributed by atoms with Gasteiger partial charge in [0.05, 0.1) is 20.8 Å². The smallest absolute Gasteiger partial charge is 0.250 e. The zero-order valence-electron chi connectivity index (χ0n) is 16.5. The Hall–Kier alpha value is -2.77. The number of carbonyl (C=O) groups is 1. The number of hydrogen-bond acceptors (Lipinski definition) is 5. The van der Waals surface area contributed by atoms with Crippen LogP contribution in [-0.2, 0) is 11.3 Å². The molecule has 0 aromatic heterocycles. The predicted molar refractivity (Wildman–Crippen MR) is 119 cm³/mol. The van der Waals surface area contributed by atoms with E-state index in [2.05, 4.69) is 10.6 Å². The Morgan fingerprint density at radius 1 is 1.14 bits per heavy atom. The number of benzene rings is 2. The first-order valence-electron chi connectivity index (χ1n) is 8.87. The molecule has 0 saturated heterocycles. The van der Waals surface area contributed by atoms with Gasteiger partial charge in [0.25, 0.3) is 0 Å².